The molecule has 0 aromatic heterocycles. The molecule has 0 aliphatic carbocycles. The van der Waals surface area contributed by atoms with Gasteiger partial charge in [0.15, 0.2) is 0 Å². The molecule has 2 rings (SSSR count). The number of carboxylic acids is 1. The van der Waals surface area contributed by atoms with Crippen molar-refractivity contribution in [3.05, 3.63) is 53.6 Å². The fourth-order valence-corrected chi connectivity index (χ4v) is 1.82. The number of rotatable bonds is 3. The van der Waals surface area contributed by atoms with E-state index in [-0.39, 0.29) is 11.3 Å². The predicted octanol–water partition coefficient (Wildman–Crippen LogP) is 3.32. The molecule has 0 spiro atoms. The van der Waals surface area contributed by atoms with Gasteiger partial charge in [-0.1, -0.05) is 37.3 Å². The van der Waals surface area contributed by atoms with Crippen LogP contribution in [-0.2, 0) is 6.42 Å². The second kappa shape index (κ2) is 4.92. The molecule has 3 nitrogen and oxygen atoms in total. The number of aryl methyl sites for hydroxylation is 1. The van der Waals surface area contributed by atoms with Crippen molar-refractivity contribution in [1.29, 1.82) is 0 Å². The first kappa shape index (κ1) is 12.2. The summed E-state index contributed by atoms with van der Waals surface area (Å²) in [5.74, 6) is -1.33. The number of hydrogen-bond donors (Lipinski definition) is 2. The van der Waals surface area contributed by atoms with E-state index in [0.717, 1.165) is 17.5 Å². The quantitative estimate of drug-likeness (QED) is 0.868. The maximum atomic E-state index is 10.8. The Kier molecular flexibility index (Phi) is 3.33. The molecule has 0 aliphatic heterocycles. The Morgan fingerprint density at radius 1 is 1.06 bits per heavy atom. The average molecular weight is 242 g/mol. The topological polar surface area (TPSA) is 57.5 Å². The summed E-state index contributed by atoms with van der Waals surface area (Å²) in [5.41, 5.74) is 2.92. The highest BCUT2D eigenvalue weighted by molar-refractivity contribution is 5.91. The minimum atomic E-state index is -1.12. The van der Waals surface area contributed by atoms with Crippen LogP contribution in [0.2, 0.25) is 0 Å². The van der Waals surface area contributed by atoms with E-state index in [2.05, 4.69) is 6.92 Å². The zero-order valence-corrected chi connectivity index (χ0v) is 10.1. The lowest BCUT2D eigenvalue weighted by Gasteiger charge is -2.05. The second-order valence-corrected chi connectivity index (χ2v) is 4.09. The fraction of sp³-hybridized carbons (Fsp3) is 0.133. The smallest absolute Gasteiger partial charge is 0.339 e. The van der Waals surface area contributed by atoms with Gasteiger partial charge in [0, 0.05) is 0 Å². The highest BCUT2D eigenvalue weighted by atomic mass is 16.4. The molecule has 0 amide bonds. The largest absolute Gasteiger partial charge is 0.507 e. The zero-order chi connectivity index (χ0) is 13.1. The number of phenols is 1. The SMILES string of the molecule is CCc1ccc(-c2ccc(C(=O)O)c(O)c2)cc1. The van der Waals surface area contributed by atoms with Crippen LogP contribution in [0.3, 0.4) is 0 Å². The van der Waals surface area contributed by atoms with E-state index in [0.29, 0.717) is 0 Å². The summed E-state index contributed by atoms with van der Waals surface area (Å²) in [6, 6.07) is 12.6. The molecule has 0 aliphatic rings. The molecule has 0 radical (unpaired) electrons. The Labute approximate surface area is 105 Å². The van der Waals surface area contributed by atoms with Crippen LogP contribution in [0.25, 0.3) is 11.1 Å². The molecule has 2 aromatic carbocycles. The van der Waals surface area contributed by atoms with Gasteiger partial charge < -0.3 is 10.2 Å². The van der Waals surface area contributed by atoms with Crippen LogP contribution >= 0.6 is 0 Å². The van der Waals surface area contributed by atoms with Crippen LogP contribution < -0.4 is 0 Å². The highest BCUT2D eigenvalue weighted by Crippen LogP contribution is 2.26. The van der Waals surface area contributed by atoms with E-state index in [4.69, 9.17) is 5.11 Å². The van der Waals surface area contributed by atoms with Crippen molar-refractivity contribution in [2.45, 2.75) is 13.3 Å². The van der Waals surface area contributed by atoms with Crippen molar-refractivity contribution in [3.8, 4) is 16.9 Å². The van der Waals surface area contributed by atoms with Crippen LogP contribution in [0, 0.1) is 0 Å². The van der Waals surface area contributed by atoms with Gasteiger partial charge in [-0.2, -0.15) is 0 Å². The van der Waals surface area contributed by atoms with Gasteiger partial charge in [0.1, 0.15) is 11.3 Å². The Balaban J connectivity index is 2.39. The maximum absolute atomic E-state index is 10.8. The van der Waals surface area contributed by atoms with Crippen LogP contribution in [0.5, 0.6) is 5.75 Å². The molecule has 0 bridgehead atoms. The molecular formula is C15H14O3. The van der Waals surface area contributed by atoms with Gasteiger partial charge in [-0.3, -0.25) is 0 Å². The van der Waals surface area contributed by atoms with Gasteiger partial charge in [0.25, 0.3) is 0 Å². The van der Waals surface area contributed by atoms with Crippen LogP contribution in [-0.4, -0.2) is 16.2 Å². The zero-order valence-electron chi connectivity index (χ0n) is 10.1. The van der Waals surface area contributed by atoms with Gasteiger partial charge >= 0.3 is 5.97 Å². The second-order valence-electron chi connectivity index (χ2n) is 4.09. The van der Waals surface area contributed by atoms with Gasteiger partial charge in [-0.15, -0.1) is 0 Å². The first-order valence-corrected chi connectivity index (χ1v) is 5.77. The lowest BCUT2D eigenvalue weighted by Crippen LogP contribution is -1.96. The molecule has 3 heteroatoms. The maximum Gasteiger partial charge on any atom is 0.339 e. The molecule has 2 N–H and O–H groups in total. The van der Waals surface area contributed by atoms with E-state index in [1.165, 1.54) is 17.7 Å². The Bertz CT molecular complexity index is 571. The standard InChI is InChI=1S/C15H14O3/c1-2-10-3-5-11(6-4-10)12-7-8-13(15(17)18)14(16)9-12/h3-9,16H,2H2,1H3,(H,17,18). The molecule has 0 saturated heterocycles. The Morgan fingerprint density at radius 2 is 1.67 bits per heavy atom. The van der Waals surface area contributed by atoms with Crippen molar-refractivity contribution < 1.29 is 15.0 Å². The molecular weight excluding hydrogens is 228 g/mol. The predicted molar refractivity (Wildman–Crippen MR) is 69.9 cm³/mol. The van der Waals surface area contributed by atoms with Crippen molar-refractivity contribution in [1.82, 2.24) is 0 Å². The van der Waals surface area contributed by atoms with E-state index in [1.54, 1.807) is 6.07 Å². The summed E-state index contributed by atoms with van der Waals surface area (Å²) in [6.45, 7) is 2.09. The first-order chi connectivity index (χ1) is 8.61. The Morgan fingerprint density at radius 3 is 2.17 bits per heavy atom. The van der Waals surface area contributed by atoms with Crippen LogP contribution in [0.1, 0.15) is 22.8 Å². The first-order valence-electron chi connectivity index (χ1n) is 5.77. The molecule has 0 fully saturated rings. The van der Waals surface area contributed by atoms with E-state index in [1.807, 2.05) is 24.3 Å². The third-order valence-corrected chi connectivity index (χ3v) is 2.92. The molecule has 0 saturated carbocycles. The van der Waals surface area contributed by atoms with Gasteiger partial charge in [-0.05, 0) is 35.2 Å². The summed E-state index contributed by atoms with van der Waals surface area (Å²) >= 11 is 0. The van der Waals surface area contributed by atoms with Gasteiger partial charge in [0.05, 0.1) is 0 Å². The van der Waals surface area contributed by atoms with Crippen LogP contribution in [0.4, 0.5) is 0 Å². The lowest BCUT2D eigenvalue weighted by molar-refractivity contribution is 0.0694. The monoisotopic (exact) mass is 242 g/mol. The van der Waals surface area contributed by atoms with Crippen molar-refractivity contribution in [2.24, 2.45) is 0 Å². The third-order valence-electron chi connectivity index (χ3n) is 2.92. The van der Waals surface area contributed by atoms with Crippen LogP contribution in [0.15, 0.2) is 42.5 Å². The normalized spacial score (nSPS) is 10.3. The average Bonchev–Trinajstić information content (AvgIpc) is 2.38. The number of carboxylic acid groups (broad SMARTS) is 1. The summed E-state index contributed by atoms with van der Waals surface area (Å²) in [7, 11) is 0. The molecule has 0 unspecified atom stereocenters. The van der Waals surface area contributed by atoms with Crippen molar-refractivity contribution in [2.75, 3.05) is 0 Å². The van der Waals surface area contributed by atoms with E-state index < -0.39 is 5.97 Å². The number of aromatic hydroxyl groups is 1. The number of hydrogen-bond acceptors (Lipinski definition) is 2. The summed E-state index contributed by atoms with van der Waals surface area (Å²) < 4.78 is 0. The lowest BCUT2D eigenvalue weighted by atomic mass is 10.0. The van der Waals surface area contributed by atoms with E-state index >= 15 is 0 Å². The third kappa shape index (κ3) is 2.35. The molecule has 18 heavy (non-hydrogen) atoms. The number of aromatic carboxylic acids is 1. The van der Waals surface area contributed by atoms with Gasteiger partial charge in [0.2, 0.25) is 0 Å². The molecule has 2 aromatic rings. The van der Waals surface area contributed by atoms with Crippen molar-refractivity contribution >= 4 is 5.97 Å². The van der Waals surface area contributed by atoms with Crippen molar-refractivity contribution in [3.63, 3.8) is 0 Å². The minimum Gasteiger partial charge on any atom is -0.507 e. The summed E-state index contributed by atoms with van der Waals surface area (Å²) in [6.07, 6.45) is 0.976. The molecule has 0 heterocycles. The fourth-order valence-electron chi connectivity index (χ4n) is 1.82. The number of carbonyl (C=O) groups is 1. The highest BCUT2D eigenvalue weighted by Gasteiger charge is 2.10. The molecule has 0 atom stereocenters. The van der Waals surface area contributed by atoms with E-state index in [9.17, 15) is 9.90 Å². The minimum absolute atomic E-state index is 0.0797. The summed E-state index contributed by atoms with van der Waals surface area (Å²) in [5, 5.41) is 18.5. The van der Waals surface area contributed by atoms with Gasteiger partial charge in [-0.25, -0.2) is 4.79 Å². The molecule has 92 valence electrons. The number of benzene rings is 2. The summed E-state index contributed by atoms with van der Waals surface area (Å²) in [4.78, 5) is 10.8. The Hall–Kier alpha value is -2.29.